The number of methoxy groups -OCH3 is 4. The minimum Gasteiger partial charge on any atom is -0.493 e. The van der Waals surface area contributed by atoms with Crippen LogP contribution in [0.2, 0.25) is 0 Å². The first kappa shape index (κ1) is 35.8. The van der Waals surface area contributed by atoms with Gasteiger partial charge in [-0.3, -0.25) is 0 Å². The topological polar surface area (TPSA) is 190 Å². The van der Waals surface area contributed by atoms with Gasteiger partial charge in [0.25, 0.3) is 0 Å². The molecule has 1 unspecified atom stereocenters. The first-order valence-corrected chi connectivity index (χ1v) is 17.8. The molecule has 0 saturated heterocycles. The molecule has 0 bridgehead atoms. The van der Waals surface area contributed by atoms with E-state index in [4.69, 9.17) is 62.6 Å². The van der Waals surface area contributed by atoms with Crippen LogP contribution in [0.4, 0.5) is 17.8 Å². The van der Waals surface area contributed by atoms with Crippen LogP contribution in [0.25, 0.3) is 0 Å². The van der Waals surface area contributed by atoms with E-state index in [9.17, 15) is 0 Å². The summed E-state index contributed by atoms with van der Waals surface area (Å²) in [6.45, 7) is 3.67. The van der Waals surface area contributed by atoms with Gasteiger partial charge in [0.1, 0.15) is 12.7 Å². The molecule has 3 aliphatic rings. The maximum absolute atomic E-state index is 8.88. The number of hydrogen-bond acceptors (Lipinski definition) is 13. The molecule has 51 heavy (non-hydrogen) atoms. The highest BCUT2D eigenvalue weighted by Crippen LogP contribution is 2.37. The molecular formula is C34H41N6O10P. The molecule has 0 fully saturated rings. The summed E-state index contributed by atoms with van der Waals surface area (Å²) >= 11 is 0. The third-order valence-electron chi connectivity index (χ3n) is 8.67. The first-order valence-electron chi connectivity index (χ1n) is 16.2. The van der Waals surface area contributed by atoms with Gasteiger partial charge in [-0.25, -0.2) is 4.57 Å². The van der Waals surface area contributed by atoms with Crippen molar-refractivity contribution >= 4 is 25.7 Å². The highest BCUT2D eigenvalue weighted by Gasteiger charge is 2.27. The molecule has 16 nitrogen and oxygen atoms in total. The summed E-state index contributed by atoms with van der Waals surface area (Å²) < 4.78 is 43.3. The van der Waals surface area contributed by atoms with Crippen molar-refractivity contribution < 1.29 is 47.7 Å². The fourth-order valence-electron chi connectivity index (χ4n) is 6.19. The van der Waals surface area contributed by atoms with Crippen molar-refractivity contribution in [2.75, 3.05) is 69.8 Å². The Morgan fingerprint density at radius 3 is 1.67 bits per heavy atom. The lowest BCUT2D eigenvalue weighted by Gasteiger charge is -2.32. The minimum atomic E-state index is -4.64. The van der Waals surface area contributed by atoms with Crippen molar-refractivity contribution in [3.05, 3.63) is 70.8 Å². The van der Waals surface area contributed by atoms with Crippen LogP contribution < -0.4 is 43.5 Å². The number of aromatic nitrogens is 3. The molecule has 17 heteroatoms. The zero-order valence-corrected chi connectivity index (χ0v) is 29.6. The third kappa shape index (κ3) is 8.66. The summed E-state index contributed by atoms with van der Waals surface area (Å²) in [6.07, 6.45) is 1.45. The predicted octanol–water partition coefficient (Wildman–Crippen LogP) is 3.35. The number of hydrogen-bond donors (Lipinski definition) is 4. The van der Waals surface area contributed by atoms with Crippen LogP contribution in [0.15, 0.2) is 48.5 Å². The van der Waals surface area contributed by atoms with E-state index in [1.54, 1.807) is 28.4 Å². The first-order chi connectivity index (χ1) is 24.5. The Labute approximate surface area is 295 Å². The number of rotatable bonds is 9. The highest BCUT2D eigenvalue weighted by atomic mass is 31.2. The number of nitrogens with one attached hydrogen (secondary N) is 1. The van der Waals surface area contributed by atoms with E-state index in [2.05, 4.69) is 27.2 Å². The van der Waals surface area contributed by atoms with Gasteiger partial charge >= 0.3 is 7.82 Å². The van der Waals surface area contributed by atoms with Gasteiger partial charge in [0.15, 0.2) is 34.5 Å². The monoisotopic (exact) mass is 724 g/mol. The van der Waals surface area contributed by atoms with Gasteiger partial charge in [-0.1, -0.05) is 12.1 Å². The summed E-state index contributed by atoms with van der Waals surface area (Å²) in [6, 6.07) is 15.9. The maximum Gasteiger partial charge on any atom is 0.466 e. The lowest BCUT2D eigenvalue weighted by molar-refractivity contribution is 0.0996. The normalized spacial score (nSPS) is 16.2. The van der Waals surface area contributed by atoms with Crippen LogP contribution in [0.3, 0.4) is 0 Å². The van der Waals surface area contributed by atoms with Crippen LogP contribution >= 0.6 is 7.82 Å². The molecule has 0 radical (unpaired) electrons. The van der Waals surface area contributed by atoms with E-state index in [0.717, 1.165) is 60.1 Å². The van der Waals surface area contributed by atoms with Crippen molar-refractivity contribution in [3.8, 4) is 34.5 Å². The lowest BCUT2D eigenvalue weighted by Crippen LogP contribution is -2.37. The minimum absolute atomic E-state index is 0.202. The largest absolute Gasteiger partial charge is 0.493 e. The van der Waals surface area contributed by atoms with Gasteiger partial charge in [0.2, 0.25) is 17.8 Å². The van der Waals surface area contributed by atoms with Crippen molar-refractivity contribution in [1.29, 1.82) is 0 Å². The van der Waals surface area contributed by atoms with E-state index >= 15 is 0 Å². The van der Waals surface area contributed by atoms with Gasteiger partial charge in [-0.2, -0.15) is 15.0 Å². The molecule has 1 aromatic heterocycles. The summed E-state index contributed by atoms with van der Waals surface area (Å²) in [4.78, 5) is 40.8. The van der Waals surface area contributed by atoms with Crippen molar-refractivity contribution in [2.24, 2.45) is 0 Å². The van der Waals surface area contributed by atoms with Gasteiger partial charge in [0.05, 0.1) is 35.0 Å². The van der Waals surface area contributed by atoms with Crippen LogP contribution in [-0.4, -0.2) is 90.4 Å². The Morgan fingerprint density at radius 1 is 0.745 bits per heavy atom. The standard InChI is InChI=1S/C34H38N6O6.H3O4P/c1-41-28-13-21-9-11-39(18-23(21)15-30(28)43-3)33-36-32(35-17-25-20-45-26-7-5-6-8-27(26)46-25)37-34(38-33)40-12-10-22-14-29(42-2)31(44-4)16-24(22)19-40;1-5(2,3)4/h5-8,13-16,25H,9-12,17-20H2,1-4H3,(H,35,36,37,38);(H3,1,2,3,4). The van der Waals surface area contributed by atoms with Crippen LogP contribution in [0.1, 0.15) is 22.3 Å². The zero-order chi connectivity index (χ0) is 36.1. The van der Waals surface area contributed by atoms with Crippen LogP contribution in [-0.2, 0) is 30.5 Å². The molecular weight excluding hydrogens is 683 g/mol. The number of fused-ring (bicyclic) bond motifs is 3. The number of ether oxygens (including phenoxy) is 6. The van der Waals surface area contributed by atoms with E-state index in [0.29, 0.717) is 55.6 Å². The molecule has 0 spiro atoms. The summed E-state index contributed by atoms with van der Waals surface area (Å²) in [7, 11) is 2.00. The number of nitrogens with zero attached hydrogens (tertiary/aromatic N) is 5. The summed E-state index contributed by atoms with van der Waals surface area (Å²) in [5.74, 6) is 6.07. The Morgan fingerprint density at radius 2 is 1.20 bits per heavy atom. The molecule has 0 aliphatic carbocycles. The quantitative estimate of drug-likeness (QED) is 0.184. The fourth-order valence-corrected chi connectivity index (χ4v) is 6.19. The highest BCUT2D eigenvalue weighted by molar-refractivity contribution is 7.45. The molecule has 4 N–H and O–H groups in total. The van der Waals surface area contributed by atoms with Gasteiger partial charge in [-0.05, 0) is 71.5 Å². The number of phosphoric acid groups is 1. The SMILES string of the molecule is COc1cc2c(cc1OC)CN(c1nc(NCC3COc4ccccc4O3)nc(N3CCc4cc(OC)c(OC)cc4C3)n1)CC2.O=P(O)(O)O. The molecule has 4 aromatic rings. The van der Waals surface area contributed by atoms with Gasteiger partial charge in [0, 0.05) is 26.2 Å². The fraction of sp³-hybridized carbons (Fsp3) is 0.382. The Hall–Kier alpha value is -5.02. The average Bonchev–Trinajstić information content (AvgIpc) is 3.14. The van der Waals surface area contributed by atoms with E-state index in [1.807, 2.05) is 36.4 Å². The Balaban J connectivity index is 0.000000839. The molecule has 3 aliphatic heterocycles. The van der Waals surface area contributed by atoms with Crippen molar-refractivity contribution in [1.82, 2.24) is 15.0 Å². The van der Waals surface area contributed by atoms with Gasteiger partial charge in [-0.15, -0.1) is 0 Å². The zero-order valence-electron chi connectivity index (χ0n) is 28.7. The van der Waals surface area contributed by atoms with Crippen LogP contribution in [0, 0.1) is 0 Å². The molecule has 1 atom stereocenters. The molecule has 0 saturated carbocycles. The van der Waals surface area contributed by atoms with Crippen LogP contribution in [0.5, 0.6) is 34.5 Å². The van der Waals surface area contributed by atoms with Crippen molar-refractivity contribution in [2.45, 2.75) is 32.0 Å². The Kier molecular flexibility index (Phi) is 10.9. The predicted molar refractivity (Wildman–Crippen MR) is 188 cm³/mol. The summed E-state index contributed by atoms with van der Waals surface area (Å²) in [5, 5.41) is 3.42. The number of anilines is 3. The molecule has 272 valence electrons. The molecule has 7 rings (SSSR count). The maximum atomic E-state index is 8.88. The second-order valence-corrected chi connectivity index (χ2v) is 13.0. The van der Waals surface area contributed by atoms with E-state index < -0.39 is 7.82 Å². The molecule has 4 heterocycles. The van der Waals surface area contributed by atoms with Gasteiger partial charge < -0.3 is 58.2 Å². The Bertz CT molecular complexity index is 1810. The third-order valence-corrected chi connectivity index (χ3v) is 8.67. The second kappa shape index (κ2) is 15.5. The van der Waals surface area contributed by atoms with E-state index in [-0.39, 0.29) is 6.10 Å². The van der Waals surface area contributed by atoms with E-state index in [1.165, 1.54) is 11.1 Å². The molecule has 3 aromatic carbocycles. The molecule has 0 amide bonds. The van der Waals surface area contributed by atoms with Crippen molar-refractivity contribution in [3.63, 3.8) is 0 Å². The average molecular weight is 725 g/mol. The lowest BCUT2D eigenvalue weighted by atomic mass is 9.99. The second-order valence-electron chi connectivity index (χ2n) is 11.9. The number of benzene rings is 3. The smallest absolute Gasteiger partial charge is 0.466 e. The number of para-hydroxylation sites is 2. The summed E-state index contributed by atoms with van der Waals surface area (Å²) in [5.41, 5.74) is 4.76.